The molecule has 0 unspecified atom stereocenters. The van der Waals surface area contributed by atoms with E-state index in [-0.39, 0.29) is 36.7 Å². The maximum Gasteiger partial charge on any atom is 0.244 e. The number of rotatable bonds is 12. The van der Waals surface area contributed by atoms with Crippen LogP contribution in [0.5, 0.6) is 17.2 Å². The predicted molar refractivity (Wildman–Crippen MR) is 140 cm³/mol. The molecule has 2 aromatic carbocycles. The van der Waals surface area contributed by atoms with Crippen LogP contribution in [0.2, 0.25) is 0 Å². The number of methoxy groups -OCH3 is 1. The van der Waals surface area contributed by atoms with Gasteiger partial charge in [-0.1, -0.05) is 19.1 Å². The number of fused-ring (bicyclic) bond motifs is 1. The van der Waals surface area contributed by atoms with Crippen molar-refractivity contribution in [1.29, 1.82) is 0 Å². The van der Waals surface area contributed by atoms with Gasteiger partial charge in [-0.3, -0.25) is 13.9 Å². The van der Waals surface area contributed by atoms with Crippen LogP contribution in [0.1, 0.15) is 39.7 Å². The number of hydrogen-bond donors (Lipinski definition) is 1. The molecule has 1 aliphatic rings. The average molecular weight is 534 g/mol. The number of carbonyl (C=O) groups is 2. The number of carbonyl (C=O) groups excluding carboxylic acids is 2. The van der Waals surface area contributed by atoms with Gasteiger partial charge in [0.15, 0.2) is 11.5 Å². The molecule has 0 aromatic heterocycles. The van der Waals surface area contributed by atoms with E-state index >= 15 is 0 Å². The van der Waals surface area contributed by atoms with Crippen LogP contribution in [0.15, 0.2) is 42.5 Å². The Kier molecular flexibility index (Phi) is 9.25. The lowest BCUT2D eigenvalue weighted by molar-refractivity contribution is -0.140. The van der Waals surface area contributed by atoms with Gasteiger partial charge in [0.2, 0.25) is 28.6 Å². The first-order valence-corrected chi connectivity index (χ1v) is 13.8. The van der Waals surface area contributed by atoms with Crippen LogP contribution in [0.4, 0.5) is 5.69 Å². The largest absolute Gasteiger partial charge is 0.497 e. The van der Waals surface area contributed by atoms with Crippen LogP contribution >= 0.6 is 0 Å². The van der Waals surface area contributed by atoms with Crippen LogP contribution in [-0.2, 0) is 26.2 Å². The topological polar surface area (TPSA) is 114 Å². The highest BCUT2D eigenvalue weighted by Gasteiger charge is 2.33. The summed E-state index contributed by atoms with van der Waals surface area (Å²) in [5.41, 5.74) is 1.06. The number of nitrogens with zero attached hydrogens (tertiary/aromatic N) is 2. The summed E-state index contributed by atoms with van der Waals surface area (Å²) in [6, 6.07) is 11.0. The summed E-state index contributed by atoms with van der Waals surface area (Å²) < 4.78 is 43.2. The Labute approximate surface area is 218 Å². The quantitative estimate of drug-likeness (QED) is 0.446. The van der Waals surface area contributed by atoms with Gasteiger partial charge in [-0.15, -0.1) is 0 Å². The van der Waals surface area contributed by atoms with Crippen molar-refractivity contribution in [2.45, 2.75) is 52.7 Å². The van der Waals surface area contributed by atoms with Crippen LogP contribution in [0.25, 0.3) is 0 Å². The third kappa shape index (κ3) is 6.85. The third-order valence-corrected chi connectivity index (χ3v) is 7.69. The van der Waals surface area contributed by atoms with E-state index in [1.807, 2.05) is 32.9 Å². The van der Waals surface area contributed by atoms with E-state index in [0.717, 1.165) is 9.87 Å². The number of benzene rings is 2. The van der Waals surface area contributed by atoms with E-state index in [4.69, 9.17) is 14.2 Å². The maximum atomic E-state index is 13.8. The molecule has 3 rings (SSSR count). The molecule has 0 saturated heterocycles. The summed E-state index contributed by atoms with van der Waals surface area (Å²) in [4.78, 5) is 28.3. The molecule has 2 aromatic rings. The summed E-state index contributed by atoms with van der Waals surface area (Å²) >= 11 is 0. The Morgan fingerprint density at radius 1 is 1.05 bits per heavy atom. The van der Waals surface area contributed by atoms with Crippen LogP contribution in [-0.4, -0.2) is 63.4 Å². The summed E-state index contributed by atoms with van der Waals surface area (Å²) in [5.74, 6) is 0.552. The molecule has 1 heterocycles. The number of sulfonamides is 1. The Balaban J connectivity index is 1.97. The van der Waals surface area contributed by atoms with Gasteiger partial charge in [0, 0.05) is 18.7 Å². The zero-order valence-corrected chi connectivity index (χ0v) is 22.7. The third-order valence-electron chi connectivity index (χ3n) is 5.95. The lowest BCUT2D eigenvalue weighted by Gasteiger charge is -2.33. The second-order valence-corrected chi connectivity index (χ2v) is 11.1. The molecule has 0 aliphatic carbocycles. The van der Waals surface area contributed by atoms with Crippen molar-refractivity contribution in [2.75, 3.05) is 30.5 Å². The van der Waals surface area contributed by atoms with Gasteiger partial charge >= 0.3 is 0 Å². The smallest absolute Gasteiger partial charge is 0.244 e. The van der Waals surface area contributed by atoms with E-state index in [1.165, 1.54) is 11.8 Å². The van der Waals surface area contributed by atoms with Gasteiger partial charge in [-0.25, -0.2) is 8.42 Å². The number of ether oxygens (including phenoxy) is 3. The van der Waals surface area contributed by atoms with E-state index in [9.17, 15) is 18.0 Å². The molecule has 10 nitrogen and oxygen atoms in total. The van der Waals surface area contributed by atoms with Crippen molar-refractivity contribution in [1.82, 2.24) is 10.2 Å². The highest BCUT2D eigenvalue weighted by molar-refractivity contribution is 7.92. The number of amides is 2. The first kappa shape index (κ1) is 28.1. The summed E-state index contributed by atoms with van der Waals surface area (Å²) in [5, 5.41) is 2.87. The fourth-order valence-electron chi connectivity index (χ4n) is 3.99. The van der Waals surface area contributed by atoms with Gasteiger partial charge in [0.25, 0.3) is 0 Å². The summed E-state index contributed by atoms with van der Waals surface area (Å²) in [7, 11) is -2.28. The van der Waals surface area contributed by atoms with Crippen molar-refractivity contribution in [3.05, 3.63) is 48.0 Å². The lowest BCUT2D eigenvalue weighted by Crippen LogP contribution is -2.53. The Hall–Kier alpha value is -3.47. The van der Waals surface area contributed by atoms with E-state index in [1.54, 1.807) is 37.4 Å². The molecule has 0 saturated carbocycles. The van der Waals surface area contributed by atoms with Gasteiger partial charge in [0.05, 0.1) is 18.6 Å². The molecule has 11 heteroatoms. The fraction of sp³-hybridized carbons (Fsp3) is 0.462. The van der Waals surface area contributed by atoms with Crippen LogP contribution < -0.4 is 23.8 Å². The van der Waals surface area contributed by atoms with Crippen molar-refractivity contribution in [2.24, 2.45) is 0 Å². The zero-order valence-electron chi connectivity index (χ0n) is 21.9. The number of hydrogen-bond acceptors (Lipinski definition) is 7. The lowest BCUT2D eigenvalue weighted by atomic mass is 10.1. The molecule has 0 fully saturated rings. The molecule has 37 heavy (non-hydrogen) atoms. The molecule has 0 radical (unpaired) electrons. The van der Waals surface area contributed by atoms with Gasteiger partial charge in [-0.2, -0.15) is 0 Å². The van der Waals surface area contributed by atoms with Gasteiger partial charge < -0.3 is 24.4 Å². The number of anilines is 1. The average Bonchev–Trinajstić information content (AvgIpc) is 3.34. The standard InChI is InChI=1S/C26H35N3O7S/c1-6-22(26(31)27-18(3)4)28(15-19-8-11-21(34-5)12-9-19)25(30)16-29(37(32,33)7-2)20-10-13-23-24(14-20)36-17-35-23/h8-14,18,22H,6-7,15-17H2,1-5H3,(H,27,31)/t22-/m1/s1. The Morgan fingerprint density at radius 3 is 2.32 bits per heavy atom. The first-order chi connectivity index (χ1) is 17.6. The normalized spacial score (nSPS) is 13.2. The summed E-state index contributed by atoms with van der Waals surface area (Å²) in [6.45, 7) is 6.70. The van der Waals surface area contributed by atoms with Crippen LogP contribution in [0.3, 0.4) is 0 Å². The van der Waals surface area contributed by atoms with Gasteiger partial charge in [0.1, 0.15) is 18.3 Å². The molecular weight excluding hydrogens is 498 g/mol. The fourth-order valence-corrected chi connectivity index (χ4v) is 5.04. The highest BCUT2D eigenvalue weighted by atomic mass is 32.2. The van der Waals surface area contributed by atoms with Crippen molar-refractivity contribution in [3.8, 4) is 17.2 Å². The van der Waals surface area contributed by atoms with Crippen molar-refractivity contribution in [3.63, 3.8) is 0 Å². The number of nitrogens with one attached hydrogen (secondary N) is 1. The maximum absolute atomic E-state index is 13.8. The first-order valence-electron chi connectivity index (χ1n) is 12.2. The minimum atomic E-state index is -3.84. The minimum absolute atomic E-state index is 0.0387. The monoisotopic (exact) mass is 533 g/mol. The van der Waals surface area contributed by atoms with Crippen LogP contribution in [0, 0.1) is 0 Å². The molecule has 2 amide bonds. The molecule has 1 atom stereocenters. The Morgan fingerprint density at radius 2 is 1.73 bits per heavy atom. The molecule has 1 N–H and O–H groups in total. The second-order valence-electron chi connectivity index (χ2n) is 8.90. The van der Waals surface area contributed by atoms with Crippen molar-refractivity contribution >= 4 is 27.5 Å². The second kappa shape index (κ2) is 12.2. The van der Waals surface area contributed by atoms with E-state index < -0.39 is 28.5 Å². The van der Waals surface area contributed by atoms with E-state index in [2.05, 4.69) is 5.32 Å². The molecule has 1 aliphatic heterocycles. The van der Waals surface area contributed by atoms with Gasteiger partial charge in [-0.05, 0) is 57.0 Å². The predicted octanol–water partition coefficient (Wildman–Crippen LogP) is 2.91. The zero-order chi connectivity index (χ0) is 27.2. The van der Waals surface area contributed by atoms with E-state index in [0.29, 0.717) is 23.7 Å². The molecule has 202 valence electrons. The minimum Gasteiger partial charge on any atom is -0.497 e. The summed E-state index contributed by atoms with van der Waals surface area (Å²) in [6.07, 6.45) is 0.352. The SMILES string of the molecule is CC[C@H](C(=O)NC(C)C)N(Cc1ccc(OC)cc1)C(=O)CN(c1ccc2c(c1)OCO2)S(=O)(=O)CC. The molecule has 0 bridgehead atoms. The molecular formula is C26H35N3O7S. The Bertz CT molecular complexity index is 1200. The molecule has 0 spiro atoms. The van der Waals surface area contributed by atoms with Crippen molar-refractivity contribution < 1.29 is 32.2 Å². The highest BCUT2D eigenvalue weighted by Crippen LogP contribution is 2.36.